The number of hydrogen-bond acceptors (Lipinski definition) is 2. The summed E-state index contributed by atoms with van der Waals surface area (Å²) in [5, 5.41) is 5.56. The Balaban J connectivity index is 1.56. The molecule has 3 nitrogen and oxygen atoms in total. The topological polar surface area (TPSA) is 27.1 Å². The Morgan fingerprint density at radius 3 is 2.10 bits per heavy atom. The number of nitrogens with zero attached hydrogens (tertiary/aromatic N) is 1. The smallest absolute Gasteiger partial charge is 0.354 e. The van der Waals surface area contributed by atoms with E-state index in [0.717, 1.165) is 30.6 Å². The van der Waals surface area contributed by atoms with Crippen molar-refractivity contribution in [3.05, 3.63) is 64.7 Å². The Kier molecular flexibility index (Phi) is 5.17. The number of thiocarbonyl (C=S) groups is 1. The molecule has 0 aromatic heterocycles. The van der Waals surface area contributed by atoms with Crippen LogP contribution in [0.5, 0.6) is 0 Å². The van der Waals surface area contributed by atoms with Gasteiger partial charge in [-0.25, -0.2) is 0 Å². The van der Waals surface area contributed by atoms with Crippen LogP contribution in [0.25, 0.3) is 0 Å². The van der Waals surface area contributed by atoms with Gasteiger partial charge in [-0.2, -0.15) is 26.3 Å². The summed E-state index contributed by atoms with van der Waals surface area (Å²) in [7, 11) is 0. The summed E-state index contributed by atoms with van der Waals surface area (Å²) in [4.78, 5) is 2.24. The number of rotatable bonds is 3. The van der Waals surface area contributed by atoms with Gasteiger partial charge in [-0.05, 0) is 48.0 Å². The van der Waals surface area contributed by atoms with Crippen molar-refractivity contribution in [1.82, 2.24) is 10.2 Å². The van der Waals surface area contributed by atoms with Gasteiger partial charge in [-0.1, -0.05) is 24.3 Å². The SMILES string of the molecule is FC(F)(F)c1cc(NC(=S)N[C@H]2c3ccccc3C[C@@H]2N2CC2)cc(C(F)(F)F)c1. The lowest BCUT2D eigenvalue weighted by Crippen LogP contribution is -2.39. The van der Waals surface area contributed by atoms with E-state index < -0.39 is 23.5 Å². The zero-order chi connectivity index (χ0) is 21.7. The maximum atomic E-state index is 13.1. The number of benzene rings is 2. The third kappa shape index (κ3) is 4.39. The van der Waals surface area contributed by atoms with Crippen LogP contribution in [-0.2, 0) is 18.8 Å². The fourth-order valence-electron chi connectivity index (χ4n) is 3.81. The summed E-state index contributed by atoms with van der Waals surface area (Å²) >= 11 is 5.23. The van der Waals surface area contributed by atoms with E-state index in [-0.39, 0.29) is 28.9 Å². The van der Waals surface area contributed by atoms with Gasteiger partial charge < -0.3 is 10.6 Å². The van der Waals surface area contributed by atoms with Crippen molar-refractivity contribution in [3.8, 4) is 0 Å². The number of nitrogens with one attached hydrogen (secondary N) is 2. The average Bonchev–Trinajstić information content (AvgIpc) is 3.43. The highest BCUT2D eigenvalue weighted by molar-refractivity contribution is 7.80. The van der Waals surface area contributed by atoms with Crippen molar-refractivity contribution in [2.45, 2.75) is 30.9 Å². The molecule has 0 unspecified atom stereocenters. The molecule has 4 rings (SSSR count). The summed E-state index contributed by atoms with van der Waals surface area (Å²) in [5.74, 6) is 0. The Labute approximate surface area is 174 Å². The van der Waals surface area contributed by atoms with Crippen molar-refractivity contribution in [2.75, 3.05) is 18.4 Å². The second kappa shape index (κ2) is 7.42. The molecule has 160 valence electrons. The molecule has 2 N–H and O–H groups in total. The summed E-state index contributed by atoms with van der Waals surface area (Å²) in [6, 6.07) is 9.03. The van der Waals surface area contributed by atoms with Gasteiger partial charge in [0.2, 0.25) is 0 Å². The molecule has 0 radical (unpaired) electrons. The van der Waals surface area contributed by atoms with E-state index in [1.807, 2.05) is 24.3 Å². The van der Waals surface area contributed by atoms with Crippen molar-refractivity contribution in [2.24, 2.45) is 0 Å². The first-order valence-electron chi connectivity index (χ1n) is 9.21. The maximum absolute atomic E-state index is 13.1. The number of hydrogen-bond donors (Lipinski definition) is 2. The zero-order valence-corrected chi connectivity index (χ0v) is 16.3. The van der Waals surface area contributed by atoms with Gasteiger partial charge in [0, 0.05) is 24.8 Å². The van der Waals surface area contributed by atoms with E-state index in [0.29, 0.717) is 12.1 Å². The molecule has 0 saturated carbocycles. The Morgan fingerprint density at radius 1 is 0.933 bits per heavy atom. The number of fused-ring (bicyclic) bond motifs is 1. The lowest BCUT2D eigenvalue weighted by molar-refractivity contribution is -0.143. The number of anilines is 1. The first-order chi connectivity index (χ1) is 14.0. The molecule has 2 aliphatic rings. The standard InChI is InChI=1S/C20H17F6N3S/c21-19(22,23)12-8-13(20(24,25)26)10-14(9-12)27-18(30)28-17-15-4-2-1-3-11(15)7-16(17)29-5-6-29/h1-4,8-10,16-17H,5-7H2,(H2,27,28,30)/t16-,17-/m0/s1. The molecule has 10 heteroatoms. The molecule has 1 heterocycles. The van der Waals surface area contributed by atoms with Crippen LogP contribution in [0.2, 0.25) is 0 Å². The second-order valence-corrected chi connectivity index (χ2v) is 7.79. The van der Waals surface area contributed by atoms with E-state index in [1.165, 1.54) is 0 Å². The zero-order valence-electron chi connectivity index (χ0n) is 15.4. The van der Waals surface area contributed by atoms with Crippen LogP contribution in [0.15, 0.2) is 42.5 Å². The summed E-state index contributed by atoms with van der Waals surface area (Å²) in [5.41, 5.74) is -0.984. The van der Waals surface area contributed by atoms with Crippen LogP contribution < -0.4 is 10.6 Å². The van der Waals surface area contributed by atoms with E-state index in [4.69, 9.17) is 12.2 Å². The summed E-state index contributed by atoms with van der Waals surface area (Å²) < 4.78 is 78.4. The fourth-order valence-corrected chi connectivity index (χ4v) is 4.06. The molecule has 0 spiro atoms. The molecular formula is C20H17F6N3S. The fraction of sp³-hybridized carbons (Fsp3) is 0.350. The van der Waals surface area contributed by atoms with Crippen molar-refractivity contribution >= 4 is 23.0 Å². The van der Waals surface area contributed by atoms with Gasteiger partial charge in [-0.3, -0.25) is 4.90 Å². The van der Waals surface area contributed by atoms with Crippen LogP contribution in [0.3, 0.4) is 0 Å². The van der Waals surface area contributed by atoms with Gasteiger partial charge >= 0.3 is 12.4 Å². The van der Waals surface area contributed by atoms with Crippen LogP contribution in [0, 0.1) is 0 Å². The molecular weight excluding hydrogens is 428 g/mol. The quantitative estimate of drug-likeness (QED) is 0.395. The van der Waals surface area contributed by atoms with Gasteiger partial charge in [0.05, 0.1) is 17.2 Å². The van der Waals surface area contributed by atoms with E-state index >= 15 is 0 Å². The summed E-state index contributed by atoms with van der Waals surface area (Å²) in [6.07, 6.45) is -9.03. The van der Waals surface area contributed by atoms with E-state index in [1.54, 1.807) is 0 Å². The minimum atomic E-state index is -4.92. The first-order valence-corrected chi connectivity index (χ1v) is 9.62. The number of alkyl halides is 6. The molecule has 1 aliphatic carbocycles. The van der Waals surface area contributed by atoms with Crippen LogP contribution >= 0.6 is 12.2 Å². The largest absolute Gasteiger partial charge is 0.416 e. The van der Waals surface area contributed by atoms with Gasteiger partial charge in [0.1, 0.15) is 0 Å². The highest BCUT2D eigenvalue weighted by Gasteiger charge is 2.41. The Hall–Kier alpha value is -2.33. The maximum Gasteiger partial charge on any atom is 0.416 e. The molecule has 1 aliphatic heterocycles. The monoisotopic (exact) mass is 445 g/mol. The molecule has 1 fully saturated rings. The predicted molar refractivity (Wildman–Crippen MR) is 104 cm³/mol. The molecule has 30 heavy (non-hydrogen) atoms. The highest BCUT2D eigenvalue weighted by atomic mass is 32.1. The minimum Gasteiger partial charge on any atom is -0.354 e. The second-order valence-electron chi connectivity index (χ2n) is 7.38. The van der Waals surface area contributed by atoms with Gasteiger partial charge in [0.15, 0.2) is 5.11 Å². The van der Waals surface area contributed by atoms with Crippen molar-refractivity contribution in [1.29, 1.82) is 0 Å². The Morgan fingerprint density at radius 2 is 1.53 bits per heavy atom. The summed E-state index contributed by atoms with van der Waals surface area (Å²) in [6.45, 7) is 1.89. The van der Waals surface area contributed by atoms with Gasteiger partial charge in [-0.15, -0.1) is 0 Å². The molecule has 2 aromatic carbocycles. The lowest BCUT2D eigenvalue weighted by atomic mass is 10.1. The first kappa shape index (κ1) is 20.9. The Bertz CT molecular complexity index is 935. The minimum absolute atomic E-state index is 0.0315. The molecule has 1 saturated heterocycles. The predicted octanol–water partition coefficient (Wildman–Crippen LogP) is 4.99. The molecule has 2 atom stereocenters. The third-order valence-corrected chi connectivity index (χ3v) is 5.51. The van der Waals surface area contributed by atoms with Crippen molar-refractivity contribution < 1.29 is 26.3 Å². The molecule has 0 bridgehead atoms. The normalized spacial score (nSPS) is 21.3. The average molecular weight is 445 g/mol. The van der Waals surface area contributed by atoms with E-state index in [9.17, 15) is 26.3 Å². The highest BCUT2D eigenvalue weighted by Crippen LogP contribution is 2.39. The lowest BCUT2D eigenvalue weighted by Gasteiger charge is -2.25. The van der Waals surface area contributed by atoms with Crippen LogP contribution in [-0.4, -0.2) is 29.1 Å². The van der Waals surface area contributed by atoms with E-state index in [2.05, 4.69) is 15.5 Å². The number of halogens is 6. The van der Waals surface area contributed by atoms with Gasteiger partial charge in [0.25, 0.3) is 0 Å². The molecule has 0 amide bonds. The van der Waals surface area contributed by atoms with Crippen LogP contribution in [0.1, 0.15) is 28.3 Å². The van der Waals surface area contributed by atoms with Crippen molar-refractivity contribution in [3.63, 3.8) is 0 Å². The van der Waals surface area contributed by atoms with Crippen LogP contribution in [0.4, 0.5) is 32.0 Å². The molecule has 2 aromatic rings. The third-order valence-electron chi connectivity index (χ3n) is 5.29.